The zero-order chi connectivity index (χ0) is 17.1. The van der Waals surface area contributed by atoms with Crippen LogP contribution >= 0.6 is 23.2 Å². The first-order valence-electron chi connectivity index (χ1n) is 6.89. The molecule has 2 aromatic carbocycles. The third kappa shape index (κ3) is 3.88. The number of ether oxygens (including phenoxy) is 2. The van der Waals surface area contributed by atoms with Crippen molar-refractivity contribution in [1.29, 1.82) is 0 Å². The van der Waals surface area contributed by atoms with E-state index in [9.17, 15) is 4.79 Å². The molecule has 3 rings (SSSR count). The maximum Gasteiger partial charge on any atom is 0.341 e. The van der Waals surface area contributed by atoms with Crippen LogP contribution in [0.15, 0.2) is 48.5 Å². The van der Waals surface area contributed by atoms with Gasteiger partial charge in [0.05, 0.1) is 10.5 Å². The largest absolute Gasteiger partial charge is 0.482 e. The molecule has 5 nitrogen and oxygen atoms in total. The van der Waals surface area contributed by atoms with Crippen molar-refractivity contribution in [3.63, 3.8) is 0 Å². The molecule has 0 bridgehead atoms. The summed E-state index contributed by atoms with van der Waals surface area (Å²) in [5.74, 6) is 0.334. The molecule has 0 saturated heterocycles. The van der Waals surface area contributed by atoms with Crippen molar-refractivity contribution in [2.75, 3.05) is 6.61 Å². The first-order valence-corrected chi connectivity index (χ1v) is 7.65. The summed E-state index contributed by atoms with van der Waals surface area (Å²) in [5, 5.41) is 10.4. The average Bonchev–Trinajstić information content (AvgIpc) is 2.53. The minimum Gasteiger partial charge on any atom is -0.482 e. The number of nitrogens with zero attached hydrogens (tertiary/aromatic N) is 1. The van der Waals surface area contributed by atoms with Crippen LogP contribution in [0.4, 0.5) is 0 Å². The van der Waals surface area contributed by atoms with Gasteiger partial charge in [0.1, 0.15) is 11.5 Å². The Hall–Kier alpha value is -2.50. The smallest absolute Gasteiger partial charge is 0.341 e. The standard InChI is InChI=1S/C17H11Cl2NO4/c18-10-7-14(19)13-5-6-16(20-15(13)8-10)24-12-3-1-11(2-4-12)23-9-17(21)22/h1-8H,9H2,(H,21,22). The number of fused-ring (bicyclic) bond motifs is 1. The van der Waals surface area contributed by atoms with E-state index >= 15 is 0 Å². The number of hydrogen-bond donors (Lipinski definition) is 1. The molecule has 1 heterocycles. The van der Waals surface area contributed by atoms with E-state index in [-0.39, 0.29) is 0 Å². The van der Waals surface area contributed by atoms with Crippen molar-refractivity contribution >= 4 is 40.1 Å². The normalized spacial score (nSPS) is 10.6. The van der Waals surface area contributed by atoms with Crippen LogP contribution in [0.5, 0.6) is 17.4 Å². The fraction of sp³-hybridized carbons (Fsp3) is 0.0588. The number of carboxylic acids is 1. The van der Waals surface area contributed by atoms with Gasteiger partial charge in [-0.2, -0.15) is 0 Å². The van der Waals surface area contributed by atoms with Gasteiger partial charge in [-0.3, -0.25) is 0 Å². The molecule has 0 saturated carbocycles. The molecule has 1 aromatic heterocycles. The molecular formula is C17H11Cl2NO4. The van der Waals surface area contributed by atoms with Gasteiger partial charge in [0.2, 0.25) is 5.88 Å². The fourth-order valence-electron chi connectivity index (χ4n) is 2.07. The number of halogens is 2. The molecule has 0 spiro atoms. The lowest BCUT2D eigenvalue weighted by atomic mass is 10.2. The molecule has 0 unspecified atom stereocenters. The van der Waals surface area contributed by atoms with E-state index in [1.807, 2.05) is 0 Å². The Morgan fingerprint density at radius 3 is 2.46 bits per heavy atom. The van der Waals surface area contributed by atoms with Crippen LogP contribution in [-0.2, 0) is 4.79 Å². The third-order valence-corrected chi connectivity index (χ3v) is 3.64. The van der Waals surface area contributed by atoms with Crippen molar-refractivity contribution in [1.82, 2.24) is 4.98 Å². The van der Waals surface area contributed by atoms with Crippen molar-refractivity contribution in [3.8, 4) is 17.4 Å². The highest BCUT2D eigenvalue weighted by Crippen LogP contribution is 2.30. The number of hydrogen-bond acceptors (Lipinski definition) is 4. The van der Waals surface area contributed by atoms with Crippen molar-refractivity contribution in [3.05, 3.63) is 58.6 Å². The summed E-state index contributed by atoms with van der Waals surface area (Å²) in [6.45, 7) is -0.395. The van der Waals surface area contributed by atoms with Crippen LogP contribution in [-0.4, -0.2) is 22.7 Å². The minimum absolute atomic E-state index is 0.389. The summed E-state index contributed by atoms with van der Waals surface area (Å²) in [4.78, 5) is 14.8. The molecule has 0 amide bonds. The van der Waals surface area contributed by atoms with Crippen LogP contribution in [0, 0.1) is 0 Å². The van der Waals surface area contributed by atoms with E-state index < -0.39 is 12.6 Å². The lowest BCUT2D eigenvalue weighted by Gasteiger charge is -2.08. The topological polar surface area (TPSA) is 68.7 Å². The van der Waals surface area contributed by atoms with Gasteiger partial charge in [-0.05, 0) is 42.5 Å². The van der Waals surface area contributed by atoms with Crippen molar-refractivity contribution in [2.24, 2.45) is 0 Å². The van der Waals surface area contributed by atoms with E-state index in [1.54, 1.807) is 48.5 Å². The highest BCUT2D eigenvalue weighted by Gasteiger charge is 2.06. The molecule has 24 heavy (non-hydrogen) atoms. The molecule has 7 heteroatoms. The molecule has 0 radical (unpaired) electrons. The summed E-state index contributed by atoms with van der Waals surface area (Å²) < 4.78 is 10.7. The number of aliphatic carboxylic acids is 1. The van der Waals surface area contributed by atoms with Gasteiger partial charge < -0.3 is 14.6 Å². The quantitative estimate of drug-likeness (QED) is 0.705. The van der Waals surface area contributed by atoms with Crippen LogP contribution in [0.2, 0.25) is 10.0 Å². The average molecular weight is 364 g/mol. The first-order chi connectivity index (χ1) is 11.5. The second-order valence-corrected chi connectivity index (χ2v) is 5.70. The maximum absolute atomic E-state index is 10.5. The van der Waals surface area contributed by atoms with E-state index in [2.05, 4.69) is 4.98 Å². The Balaban J connectivity index is 1.78. The summed E-state index contributed by atoms with van der Waals surface area (Å²) >= 11 is 12.1. The van der Waals surface area contributed by atoms with Crippen molar-refractivity contribution in [2.45, 2.75) is 0 Å². The third-order valence-electron chi connectivity index (χ3n) is 3.10. The van der Waals surface area contributed by atoms with Crippen LogP contribution < -0.4 is 9.47 Å². The van der Waals surface area contributed by atoms with Gasteiger partial charge in [0, 0.05) is 16.5 Å². The van der Waals surface area contributed by atoms with Crippen molar-refractivity contribution < 1.29 is 19.4 Å². The number of aromatic nitrogens is 1. The molecule has 1 N–H and O–H groups in total. The van der Waals surface area contributed by atoms with Crippen LogP contribution in [0.25, 0.3) is 10.9 Å². The van der Waals surface area contributed by atoms with Gasteiger partial charge >= 0.3 is 5.97 Å². The highest BCUT2D eigenvalue weighted by molar-refractivity contribution is 6.38. The van der Waals surface area contributed by atoms with Gasteiger partial charge in [0.25, 0.3) is 0 Å². The van der Waals surface area contributed by atoms with Gasteiger partial charge in [-0.15, -0.1) is 0 Å². The first kappa shape index (κ1) is 16.4. The SMILES string of the molecule is O=C(O)COc1ccc(Oc2ccc3c(Cl)cc(Cl)cc3n2)cc1. The van der Waals surface area contributed by atoms with Crippen LogP contribution in [0.3, 0.4) is 0 Å². The molecule has 122 valence electrons. The highest BCUT2D eigenvalue weighted by atomic mass is 35.5. The molecule has 0 atom stereocenters. The second-order valence-electron chi connectivity index (χ2n) is 4.86. The second kappa shape index (κ2) is 6.95. The predicted octanol–water partition coefficient (Wildman–Crippen LogP) is 4.80. The van der Waals surface area contributed by atoms with Gasteiger partial charge in [-0.1, -0.05) is 23.2 Å². The number of pyridine rings is 1. The molecular weight excluding hydrogens is 353 g/mol. The Morgan fingerprint density at radius 1 is 1.04 bits per heavy atom. The zero-order valence-electron chi connectivity index (χ0n) is 12.2. The Bertz CT molecular complexity index is 897. The van der Waals surface area contributed by atoms with E-state index in [1.165, 1.54) is 0 Å². The molecule has 0 aliphatic carbocycles. The van der Waals surface area contributed by atoms with Crippen LogP contribution in [0.1, 0.15) is 0 Å². The van der Waals surface area contributed by atoms with E-state index in [0.29, 0.717) is 32.9 Å². The summed E-state index contributed by atoms with van der Waals surface area (Å²) in [6, 6.07) is 13.4. The number of benzene rings is 2. The molecule has 0 aliphatic heterocycles. The molecule has 3 aromatic rings. The van der Waals surface area contributed by atoms with Gasteiger partial charge in [-0.25, -0.2) is 9.78 Å². The monoisotopic (exact) mass is 363 g/mol. The lowest BCUT2D eigenvalue weighted by Crippen LogP contribution is -2.09. The number of carboxylic acid groups (broad SMARTS) is 1. The number of rotatable bonds is 5. The van der Waals surface area contributed by atoms with E-state index in [0.717, 1.165) is 5.39 Å². The fourth-order valence-corrected chi connectivity index (χ4v) is 2.61. The molecule has 0 aliphatic rings. The lowest BCUT2D eigenvalue weighted by molar-refractivity contribution is -0.139. The Kier molecular flexibility index (Phi) is 4.74. The Labute approximate surface area is 147 Å². The summed E-state index contributed by atoms with van der Waals surface area (Å²) in [7, 11) is 0. The summed E-state index contributed by atoms with van der Waals surface area (Å²) in [6.07, 6.45) is 0. The van der Waals surface area contributed by atoms with E-state index in [4.69, 9.17) is 37.8 Å². The van der Waals surface area contributed by atoms with Gasteiger partial charge in [0.15, 0.2) is 6.61 Å². The zero-order valence-corrected chi connectivity index (χ0v) is 13.7. The number of carbonyl (C=O) groups is 1. The minimum atomic E-state index is -1.03. The predicted molar refractivity (Wildman–Crippen MR) is 91.4 cm³/mol. The maximum atomic E-state index is 10.5. The summed E-state index contributed by atoms with van der Waals surface area (Å²) in [5.41, 5.74) is 0.631. The Morgan fingerprint density at radius 2 is 1.75 bits per heavy atom. The molecule has 0 fully saturated rings.